The molecule has 2 atom stereocenters. The molecule has 2 bridgehead atoms. The van der Waals surface area contributed by atoms with Crippen molar-refractivity contribution in [3.63, 3.8) is 0 Å². The highest BCUT2D eigenvalue weighted by Gasteiger charge is 2.46. The van der Waals surface area contributed by atoms with E-state index in [1.165, 1.54) is 0 Å². The van der Waals surface area contributed by atoms with Gasteiger partial charge in [-0.3, -0.25) is 14.2 Å². The van der Waals surface area contributed by atoms with Crippen LogP contribution in [0.3, 0.4) is 0 Å². The van der Waals surface area contributed by atoms with Crippen molar-refractivity contribution in [2.24, 2.45) is 5.92 Å². The van der Waals surface area contributed by atoms with Gasteiger partial charge in [0.1, 0.15) is 12.3 Å². The van der Waals surface area contributed by atoms with Gasteiger partial charge >= 0.3 is 6.09 Å². The van der Waals surface area contributed by atoms with E-state index < -0.39 is 0 Å². The van der Waals surface area contributed by atoms with E-state index in [1.807, 2.05) is 35.2 Å². The van der Waals surface area contributed by atoms with Gasteiger partial charge < -0.3 is 9.64 Å². The smallest absolute Gasteiger partial charge is 0.410 e. The topological polar surface area (TPSA) is 76.8 Å². The molecule has 0 aliphatic carbocycles. The highest BCUT2D eigenvalue weighted by molar-refractivity contribution is 5.97. The molecule has 29 heavy (non-hydrogen) atoms. The lowest BCUT2D eigenvalue weighted by Gasteiger charge is -2.37. The zero-order valence-corrected chi connectivity index (χ0v) is 16.0. The molecule has 7 heteroatoms. The summed E-state index contributed by atoms with van der Waals surface area (Å²) in [4.78, 5) is 36.1. The van der Waals surface area contributed by atoms with E-state index in [2.05, 4.69) is 9.97 Å². The molecule has 4 heterocycles. The Balaban J connectivity index is 1.27. The Kier molecular flexibility index (Phi) is 4.50. The minimum absolute atomic E-state index is 0.0619. The largest absolute Gasteiger partial charge is 0.445 e. The molecule has 2 unspecified atom stereocenters. The number of Topliss-reactive ketones (excluding diaryl/α,β-unsaturated/α-hetero) is 1. The fraction of sp³-hybridized carbons (Fsp3) is 0.364. The lowest BCUT2D eigenvalue weighted by molar-refractivity contribution is 0.0483. The molecule has 0 N–H and O–H groups in total. The van der Waals surface area contributed by atoms with Crippen LogP contribution in [0.15, 0.2) is 55.1 Å². The maximum atomic E-state index is 13.2. The molecule has 2 aromatic heterocycles. The molecule has 0 saturated carbocycles. The van der Waals surface area contributed by atoms with Gasteiger partial charge in [0.15, 0.2) is 11.4 Å². The van der Waals surface area contributed by atoms with E-state index in [-0.39, 0.29) is 36.5 Å². The van der Waals surface area contributed by atoms with Gasteiger partial charge in [0.25, 0.3) is 0 Å². The molecule has 1 aromatic carbocycles. The van der Waals surface area contributed by atoms with E-state index in [9.17, 15) is 9.59 Å². The summed E-state index contributed by atoms with van der Waals surface area (Å²) in [6.07, 6.45) is 9.61. The second-order valence-electron chi connectivity index (χ2n) is 7.81. The molecule has 148 valence electrons. The Morgan fingerprint density at radius 2 is 1.83 bits per heavy atom. The summed E-state index contributed by atoms with van der Waals surface area (Å²) in [5.41, 5.74) is 2.23. The Morgan fingerprint density at radius 3 is 2.59 bits per heavy atom. The monoisotopic (exact) mass is 390 g/mol. The minimum Gasteiger partial charge on any atom is -0.445 e. The first-order valence-corrected chi connectivity index (χ1v) is 10.0. The van der Waals surface area contributed by atoms with Crippen molar-refractivity contribution < 1.29 is 14.3 Å². The van der Waals surface area contributed by atoms with Crippen molar-refractivity contribution >= 4 is 17.5 Å². The van der Waals surface area contributed by atoms with Gasteiger partial charge in [-0.15, -0.1) is 0 Å². The van der Waals surface area contributed by atoms with Crippen LogP contribution in [-0.4, -0.2) is 43.2 Å². The van der Waals surface area contributed by atoms with Crippen molar-refractivity contribution in [3.8, 4) is 0 Å². The van der Waals surface area contributed by atoms with Crippen molar-refractivity contribution in [1.29, 1.82) is 0 Å². The highest BCUT2D eigenvalue weighted by Crippen LogP contribution is 2.40. The van der Waals surface area contributed by atoms with Crippen molar-refractivity contribution in [2.45, 2.75) is 44.4 Å². The molecule has 2 fully saturated rings. The summed E-state index contributed by atoms with van der Waals surface area (Å²) in [6.45, 7) is 0.272. The Morgan fingerprint density at radius 1 is 1.07 bits per heavy atom. The lowest BCUT2D eigenvalue weighted by Crippen LogP contribution is -2.48. The number of ether oxygens (including phenoxy) is 1. The van der Waals surface area contributed by atoms with Gasteiger partial charge in [0, 0.05) is 30.4 Å². The van der Waals surface area contributed by atoms with Crippen LogP contribution < -0.4 is 0 Å². The number of hydrogen-bond donors (Lipinski definition) is 0. The first-order chi connectivity index (χ1) is 14.2. The Bertz CT molecular complexity index is 1030. The molecule has 2 aliphatic rings. The maximum Gasteiger partial charge on any atom is 0.410 e. The maximum absolute atomic E-state index is 13.2. The SMILES string of the molecule is O=C(c1cnc2cnccn12)C1CC2CCC(C1)N2C(=O)OCc1ccccc1. The average Bonchev–Trinajstić information content (AvgIpc) is 3.30. The fourth-order valence-corrected chi connectivity index (χ4v) is 4.72. The normalized spacial score (nSPS) is 23.3. The van der Waals surface area contributed by atoms with Gasteiger partial charge in [-0.1, -0.05) is 30.3 Å². The molecule has 5 rings (SSSR count). The van der Waals surface area contributed by atoms with Crippen molar-refractivity contribution in [2.75, 3.05) is 0 Å². The van der Waals surface area contributed by atoms with Crippen LogP contribution in [-0.2, 0) is 11.3 Å². The zero-order chi connectivity index (χ0) is 19.8. The number of fused-ring (bicyclic) bond motifs is 3. The third-order valence-electron chi connectivity index (χ3n) is 6.09. The molecule has 7 nitrogen and oxygen atoms in total. The van der Waals surface area contributed by atoms with Gasteiger partial charge in [-0.2, -0.15) is 0 Å². The van der Waals surface area contributed by atoms with Crippen LogP contribution in [0, 0.1) is 5.92 Å². The third-order valence-corrected chi connectivity index (χ3v) is 6.09. The molecular formula is C22H22N4O3. The number of carbonyl (C=O) groups excluding carboxylic acids is 2. The van der Waals surface area contributed by atoms with Gasteiger partial charge in [-0.25, -0.2) is 9.78 Å². The summed E-state index contributed by atoms with van der Waals surface area (Å²) < 4.78 is 7.34. The quantitative estimate of drug-likeness (QED) is 0.638. The summed E-state index contributed by atoms with van der Waals surface area (Å²) in [5, 5.41) is 0. The van der Waals surface area contributed by atoms with Crippen LogP contribution in [0.2, 0.25) is 0 Å². The Labute approximate surface area is 168 Å². The fourth-order valence-electron chi connectivity index (χ4n) is 4.72. The summed E-state index contributed by atoms with van der Waals surface area (Å²) >= 11 is 0. The summed E-state index contributed by atoms with van der Waals surface area (Å²) in [6, 6.07) is 9.81. The van der Waals surface area contributed by atoms with Crippen LogP contribution in [0.4, 0.5) is 4.79 Å². The number of aromatic nitrogens is 3. The lowest BCUT2D eigenvalue weighted by atomic mass is 9.86. The third kappa shape index (κ3) is 3.26. The average molecular weight is 390 g/mol. The second-order valence-corrected chi connectivity index (χ2v) is 7.81. The predicted octanol–water partition coefficient (Wildman–Crippen LogP) is 3.49. The molecular weight excluding hydrogens is 368 g/mol. The summed E-state index contributed by atoms with van der Waals surface area (Å²) in [7, 11) is 0. The van der Waals surface area contributed by atoms with Crippen molar-refractivity contribution in [3.05, 3.63) is 66.4 Å². The Hall–Kier alpha value is -3.22. The van der Waals surface area contributed by atoms with Crippen LogP contribution >= 0.6 is 0 Å². The van der Waals surface area contributed by atoms with Crippen LogP contribution in [0.5, 0.6) is 0 Å². The van der Waals surface area contributed by atoms with E-state index >= 15 is 0 Å². The number of hydrogen-bond acceptors (Lipinski definition) is 5. The van der Waals surface area contributed by atoms with Gasteiger partial charge in [0.05, 0.1) is 12.4 Å². The molecule has 1 amide bonds. The molecule has 0 spiro atoms. The molecule has 3 aromatic rings. The number of nitrogens with zero attached hydrogens (tertiary/aromatic N) is 4. The van der Waals surface area contributed by atoms with E-state index in [0.717, 1.165) is 18.4 Å². The molecule has 0 radical (unpaired) electrons. The number of imidazole rings is 1. The number of ketones is 1. The standard InChI is InChI=1S/C22H22N4O3/c27-21(19-12-24-20-13-23-8-9-25(19)20)16-10-17-6-7-18(11-16)26(17)22(28)29-14-15-4-2-1-3-5-15/h1-5,8-9,12-13,16-18H,6-7,10-11,14H2. The van der Waals surface area contributed by atoms with E-state index in [0.29, 0.717) is 24.2 Å². The number of amides is 1. The minimum atomic E-state index is -0.270. The van der Waals surface area contributed by atoms with E-state index in [1.54, 1.807) is 29.2 Å². The molecule has 2 aliphatic heterocycles. The second kappa shape index (κ2) is 7.31. The number of piperidine rings is 1. The van der Waals surface area contributed by atoms with Crippen LogP contribution in [0.1, 0.15) is 41.7 Å². The predicted molar refractivity (Wildman–Crippen MR) is 105 cm³/mol. The molecule has 2 saturated heterocycles. The zero-order valence-electron chi connectivity index (χ0n) is 16.0. The number of benzene rings is 1. The van der Waals surface area contributed by atoms with Crippen LogP contribution in [0.25, 0.3) is 5.65 Å². The number of carbonyl (C=O) groups is 2. The van der Waals surface area contributed by atoms with Crippen molar-refractivity contribution in [1.82, 2.24) is 19.3 Å². The van der Waals surface area contributed by atoms with Gasteiger partial charge in [0.2, 0.25) is 0 Å². The summed E-state index contributed by atoms with van der Waals surface area (Å²) in [5.74, 6) is -0.00311. The highest BCUT2D eigenvalue weighted by atomic mass is 16.6. The first kappa shape index (κ1) is 17.8. The first-order valence-electron chi connectivity index (χ1n) is 10.0. The van der Waals surface area contributed by atoms with Gasteiger partial charge in [-0.05, 0) is 31.2 Å². The van der Waals surface area contributed by atoms with E-state index in [4.69, 9.17) is 4.74 Å². The number of rotatable bonds is 4.